The largest absolute Gasteiger partial charge is 0.367 e. The van der Waals surface area contributed by atoms with Crippen molar-refractivity contribution in [2.24, 2.45) is 5.73 Å². The van der Waals surface area contributed by atoms with E-state index < -0.39 is 0 Å². The summed E-state index contributed by atoms with van der Waals surface area (Å²) in [6.07, 6.45) is 4.76. The second-order valence-corrected chi connectivity index (χ2v) is 5.60. The Balaban J connectivity index is 1.59. The van der Waals surface area contributed by atoms with Crippen molar-refractivity contribution in [3.63, 3.8) is 0 Å². The number of hydrogen-bond acceptors (Lipinski definition) is 5. The Morgan fingerprint density at radius 2 is 2.24 bits per heavy atom. The molecule has 21 heavy (non-hydrogen) atoms. The van der Waals surface area contributed by atoms with Gasteiger partial charge in [-0.25, -0.2) is 9.78 Å². The van der Waals surface area contributed by atoms with E-state index in [1.54, 1.807) is 6.20 Å². The molecule has 1 aromatic heterocycles. The highest BCUT2D eigenvalue weighted by molar-refractivity contribution is 6.01. The normalized spacial score (nSPS) is 25.3. The van der Waals surface area contributed by atoms with E-state index in [1.807, 2.05) is 12.1 Å². The van der Waals surface area contributed by atoms with E-state index in [1.165, 1.54) is 4.90 Å². The fourth-order valence-corrected chi connectivity index (χ4v) is 2.76. The third-order valence-corrected chi connectivity index (χ3v) is 3.93. The van der Waals surface area contributed by atoms with E-state index in [9.17, 15) is 9.59 Å². The van der Waals surface area contributed by atoms with Gasteiger partial charge in [-0.1, -0.05) is 6.07 Å². The predicted octanol–water partition coefficient (Wildman–Crippen LogP) is 0.425. The average Bonchev–Trinajstić information content (AvgIpc) is 3.01. The molecule has 1 aliphatic heterocycles. The summed E-state index contributed by atoms with van der Waals surface area (Å²) < 4.78 is 0. The molecule has 2 aliphatic rings. The molecule has 1 aromatic rings. The van der Waals surface area contributed by atoms with Crippen LogP contribution in [0.4, 0.5) is 10.6 Å². The molecule has 3 amide bonds. The third-order valence-electron chi connectivity index (χ3n) is 3.93. The van der Waals surface area contributed by atoms with Crippen LogP contribution in [0.25, 0.3) is 0 Å². The average molecular weight is 289 g/mol. The summed E-state index contributed by atoms with van der Waals surface area (Å²) >= 11 is 0. The molecule has 0 bridgehead atoms. The Morgan fingerprint density at radius 1 is 1.38 bits per heavy atom. The van der Waals surface area contributed by atoms with Crippen molar-refractivity contribution in [1.82, 2.24) is 15.2 Å². The zero-order valence-corrected chi connectivity index (χ0v) is 11.7. The zero-order valence-electron chi connectivity index (χ0n) is 11.7. The smallest absolute Gasteiger partial charge is 0.324 e. The molecule has 0 radical (unpaired) electrons. The van der Waals surface area contributed by atoms with Crippen molar-refractivity contribution in [3.05, 3.63) is 23.9 Å². The van der Waals surface area contributed by atoms with Crippen LogP contribution in [-0.2, 0) is 11.3 Å². The molecular formula is C14H19N5O2. The van der Waals surface area contributed by atoms with Gasteiger partial charge in [-0.15, -0.1) is 0 Å². The lowest BCUT2D eigenvalue weighted by Gasteiger charge is -2.15. The summed E-state index contributed by atoms with van der Waals surface area (Å²) in [5.41, 5.74) is 6.71. The van der Waals surface area contributed by atoms with Gasteiger partial charge in [0, 0.05) is 18.3 Å². The number of hydrogen-bond donors (Lipinski definition) is 3. The van der Waals surface area contributed by atoms with E-state index in [4.69, 9.17) is 5.73 Å². The number of imide groups is 1. The van der Waals surface area contributed by atoms with Crippen LogP contribution in [0.2, 0.25) is 0 Å². The number of urea groups is 1. The van der Waals surface area contributed by atoms with Gasteiger partial charge in [-0.2, -0.15) is 0 Å². The van der Waals surface area contributed by atoms with Gasteiger partial charge in [0.25, 0.3) is 0 Å². The summed E-state index contributed by atoms with van der Waals surface area (Å²) in [6.45, 7) is 0.333. The maximum absolute atomic E-state index is 11.5. The molecule has 0 unspecified atom stereocenters. The first-order valence-corrected chi connectivity index (χ1v) is 7.17. The Labute approximate surface area is 122 Å². The number of amides is 3. The van der Waals surface area contributed by atoms with Gasteiger partial charge in [0.2, 0.25) is 5.91 Å². The molecule has 7 nitrogen and oxygen atoms in total. The minimum Gasteiger partial charge on any atom is -0.367 e. The highest BCUT2D eigenvalue weighted by atomic mass is 16.2. The molecule has 0 aromatic carbocycles. The topological polar surface area (TPSA) is 100 Å². The highest BCUT2D eigenvalue weighted by Crippen LogP contribution is 2.21. The van der Waals surface area contributed by atoms with Crippen LogP contribution in [0.3, 0.4) is 0 Å². The lowest BCUT2D eigenvalue weighted by atomic mass is 10.2. The Morgan fingerprint density at radius 3 is 2.81 bits per heavy atom. The molecule has 4 N–H and O–H groups in total. The van der Waals surface area contributed by atoms with Crippen LogP contribution >= 0.6 is 0 Å². The summed E-state index contributed by atoms with van der Waals surface area (Å²) in [7, 11) is 0. The first kappa shape index (κ1) is 13.8. The zero-order chi connectivity index (χ0) is 14.8. The van der Waals surface area contributed by atoms with Crippen molar-refractivity contribution in [2.75, 3.05) is 11.9 Å². The number of nitrogens with one attached hydrogen (secondary N) is 2. The minimum absolute atomic E-state index is 0.0772. The number of nitrogens with two attached hydrogens (primary N) is 1. The number of aromatic nitrogens is 1. The number of nitrogens with zero attached hydrogens (tertiary/aromatic N) is 2. The monoisotopic (exact) mass is 289 g/mol. The molecule has 1 saturated heterocycles. The number of carbonyl (C=O) groups is 2. The first-order chi connectivity index (χ1) is 10.1. The van der Waals surface area contributed by atoms with Gasteiger partial charge >= 0.3 is 6.03 Å². The molecular weight excluding hydrogens is 270 g/mol. The van der Waals surface area contributed by atoms with Gasteiger partial charge in [0.05, 0.1) is 13.1 Å². The molecule has 7 heteroatoms. The van der Waals surface area contributed by atoms with Gasteiger partial charge in [0.1, 0.15) is 5.82 Å². The molecule has 1 aliphatic carbocycles. The predicted molar refractivity (Wildman–Crippen MR) is 77.4 cm³/mol. The van der Waals surface area contributed by atoms with Crippen LogP contribution in [-0.4, -0.2) is 40.5 Å². The van der Waals surface area contributed by atoms with Gasteiger partial charge in [0.15, 0.2) is 0 Å². The SMILES string of the molecule is N[C@H]1CC[C@H](Nc2ccc(CN3C(=O)CNC3=O)cn2)C1. The molecule has 2 heterocycles. The fourth-order valence-electron chi connectivity index (χ4n) is 2.76. The molecule has 3 rings (SSSR count). The minimum atomic E-state index is -0.345. The van der Waals surface area contributed by atoms with Crippen molar-refractivity contribution in [1.29, 1.82) is 0 Å². The van der Waals surface area contributed by atoms with Crippen molar-refractivity contribution < 1.29 is 9.59 Å². The second kappa shape index (κ2) is 5.69. The summed E-state index contributed by atoms with van der Waals surface area (Å²) in [5, 5.41) is 5.85. The van der Waals surface area contributed by atoms with Gasteiger partial charge in [-0.05, 0) is 30.9 Å². The van der Waals surface area contributed by atoms with Crippen LogP contribution < -0.4 is 16.4 Å². The van der Waals surface area contributed by atoms with Crippen molar-refractivity contribution in [3.8, 4) is 0 Å². The van der Waals surface area contributed by atoms with Crippen LogP contribution in [0.5, 0.6) is 0 Å². The Hall–Kier alpha value is -2.15. The Bertz CT molecular complexity index is 529. The Kier molecular flexibility index (Phi) is 3.74. The van der Waals surface area contributed by atoms with E-state index >= 15 is 0 Å². The van der Waals surface area contributed by atoms with Crippen molar-refractivity contribution >= 4 is 17.8 Å². The number of carbonyl (C=O) groups excluding carboxylic acids is 2. The quantitative estimate of drug-likeness (QED) is 0.698. The molecule has 2 fully saturated rings. The van der Waals surface area contributed by atoms with Crippen LogP contribution in [0.1, 0.15) is 24.8 Å². The lowest BCUT2D eigenvalue weighted by molar-refractivity contribution is -0.125. The van der Waals surface area contributed by atoms with Crippen LogP contribution in [0.15, 0.2) is 18.3 Å². The van der Waals surface area contributed by atoms with Gasteiger partial charge < -0.3 is 16.4 Å². The molecule has 0 spiro atoms. The maximum atomic E-state index is 11.5. The number of pyridine rings is 1. The molecule has 112 valence electrons. The highest BCUT2D eigenvalue weighted by Gasteiger charge is 2.28. The summed E-state index contributed by atoms with van der Waals surface area (Å²) in [5.74, 6) is 0.595. The van der Waals surface area contributed by atoms with E-state index in [-0.39, 0.29) is 31.1 Å². The lowest BCUT2D eigenvalue weighted by Crippen LogP contribution is -2.30. The molecule has 2 atom stereocenters. The van der Waals surface area contributed by atoms with E-state index in [0.717, 1.165) is 30.6 Å². The standard InChI is InChI=1S/C14H19N5O2/c15-10-2-3-11(5-10)18-12-4-1-9(6-16-12)8-19-13(20)7-17-14(19)21/h1,4,6,10-11H,2-3,5,7-8,15H2,(H,16,18)(H,17,21)/t10-,11-/m0/s1. The number of anilines is 1. The van der Waals surface area contributed by atoms with Crippen molar-refractivity contribution in [2.45, 2.75) is 37.9 Å². The third kappa shape index (κ3) is 3.13. The molecule has 1 saturated carbocycles. The fraction of sp³-hybridized carbons (Fsp3) is 0.500. The van der Waals surface area contributed by atoms with Crippen LogP contribution in [0, 0.1) is 0 Å². The number of rotatable bonds is 4. The van der Waals surface area contributed by atoms with Gasteiger partial charge in [-0.3, -0.25) is 9.69 Å². The first-order valence-electron chi connectivity index (χ1n) is 7.17. The second-order valence-electron chi connectivity index (χ2n) is 5.60. The summed E-state index contributed by atoms with van der Waals surface area (Å²) in [4.78, 5) is 28.5. The maximum Gasteiger partial charge on any atom is 0.324 e. The van der Waals surface area contributed by atoms with E-state index in [2.05, 4.69) is 15.6 Å². The summed E-state index contributed by atoms with van der Waals surface area (Å²) in [6, 6.07) is 4.06. The van der Waals surface area contributed by atoms with E-state index in [0.29, 0.717) is 6.04 Å².